The van der Waals surface area contributed by atoms with Gasteiger partial charge in [0.05, 0.1) is 10.1 Å². The summed E-state index contributed by atoms with van der Waals surface area (Å²) in [5.41, 5.74) is 4.30. The molecule has 2 aromatic rings. The lowest BCUT2D eigenvalue weighted by atomic mass is 10.1. The fourth-order valence-electron chi connectivity index (χ4n) is 2.85. The van der Waals surface area contributed by atoms with Crippen molar-refractivity contribution in [2.75, 3.05) is 0 Å². The third-order valence-electron chi connectivity index (χ3n) is 3.92. The van der Waals surface area contributed by atoms with Crippen LogP contribution in [0.3, 0.4) is 0 Å². The van der Waals surface area contributed by atoms with Crippen molar-refractivity contribution in [3.8, 4) is 5.69 Å². The van der Waals surface area contributed by atoms with Crippen LogP contribution in [0.1, 0.15) is 23.9 Å². The lowest BCUT2D eigenvalue weighted by molar-refractivity contribution is 0.590. The highest BCUT2D eigenvalue weighted by Gasteiger charge is 2.33. The molecule has 1 unspecified atom stereocenters. The fourth-order valence-corrected chi connectivity index (χ4v) is 4.45. The van der Waals surface area contributed by atoms with Crippen molar-refractivity contribution in [1.82, 2.24) is 4.57 Å². The van der Waals surface area contributed by atoms with E-state index in [1.54, 1.807) is 13.0 Å². The number of sulfone groups is 1. The van der Waals surface area contributed by atoms with Crippen molar-refractivity contribution in [3.63, 3.8) is 0 Å². The average molecular weight is 275 g/mol. The van der Waals surface area contributed by atoms with Gasteiger partial charge in [-0.1, -0.05) is 0 Å². The van der Waals surface area contributed by atoms with Crippen LogP contribution in [-0.4, -0.2) is 18.2 Å². The van der Waals surface area contributed by atoms with Gasteiger partial charge in [-0.3, -0.25) is 0 Å². The zero-order chi connectivity index (χ0) is 13.8. The first-order chi connectivity index (χ1) is 8.91. The summed E-state index contributed by atoms with van der Waals surface area (Å²) in [5.74, 6) is 0. The Morgan fingerprint density at radius 2 is 1.74 bits per heavy atom. The van der Waals surface area contributed by atoms with Gasteiger partial charge >= 0.3 is 0 Å². The highest BCUT2D eigenvalue weighted by molar-refractivity contribution is 7.92. The normalized spacial score (nSPS) is 20.5. The maximum absolute atomic E-state index is 12.1. The molecule has 0 radical (unpaired) electrons. The molecule has 0 fully saturated rings. The van der Waals surface area contributed by atoms with Crippen LogP contribution in [0.15, 0.2) is 35.2 Å². The van der Waals surface area contributed by atoms with Gasteiger partial charge in [0.15, 0.2) is 9.84 Å². The van der Waals surface area contributed by atoms with Crippen LogP contribution in [-0.2, 0) is 16.3 Å². The number of aromatic nitrogens is 1. The minimum absolute atomic E-state index is 0.301. The molecule has 0 saturated carbocycles. The van der Waals surface area contributed by atoms with E-state index in [2.05, 4.69) is 30.5 Å². The first kappa shape index (κ1) is 12.5. The van der Waals surface area contributed by atoms with Gasteiger partial charge in [0.1, 0.15) is 0 Å². The molecule has 0 spiro atoms. The highest BCUT2D eigenvalue weighted by atomic mass is 32.2. The Bertz CT molecular complexity index is 737. The van der Waals surface area contributed by atoms with E-state index >= 15 is 0 Å². The highest BCUT2D eigenvalue weighted by Crippen LogP contribution is 2.33. The minimum Gasteiger partial charge on any atom is -0.319 e. The summed E-state index contributed by atoms with van der Waals surface area (Å²) in [7, 11) is -3.10. The second kappa shape index (κ2) is 3.97. The molecule has 4 heteroatoms. The molecule has 19 heavy (non-hydrogen) atoms. The molecule has 1 aliphatic heterocycles. The zero-order valence-corrected chi connectivity index (χ0v) is 12.2. The summed E-state index contributed by atoms with van der Waals surface area (Å²) in [6, 6.07) is 9.80. The van der Waals surface area contributed by atoms with Gasteiger partial charge in [-0.15, -0.1) is 0 Å². The van der Waals surface area contributed by atoms with Crippen LogP contribution in [0, 0.1) is 13.8 Å². The van der Waals surface area contributed by atoms with Gasteiger partial charge in [0.2, 0.25) is 0 Å². The second-order valence-corrected chi connectivity index (χ2v) is 7.64. The van der Waals surface area contributed by atoms with E-state index in [0.717, 1.165) is 22.6 Å². The van der Waals surface area contributed by atoms with E-state index in [0.29, 0.717) is 11.3 Å². The van der Waals surface area contributed by atoms with Crippen molar-refractivity contribution in [2.45, 2.75) is 37.3 Å². The van der Waals surface area contributed by atoms with Crippen LogP contribution in [0.25, 0.3) is 5.69 Å². The topological polar surface area (TPSA) is 39.1 Å². The molecule has 0 saturated heterocycles. The SMILES string of the molecule is Cc1ccc(C)n1-c1ccc2c(c1)CC(C)S2(=O)=O. The molecule has 1 aliphatic rings. The van der Waals surface area contributed by atoms with Crippen molar-refractivity contribution in [2.24, 2.45) is 0 Å². The number of hydrogen-bond acceptors (Lipinski definition) is 2. The van der Waals surface area contributed by atoms with Crippen molar-refractivity contribution in [1.29, 1.82) is 0 Å². The summed E-state index contributed by atoms with van der Waals surface area (Å²) >= 11 is 0. The lowest BCUT2D eigenvalue weighted by Gasteiger charge is -2.10. The molecule has 0 amide bonds. The number of aryl methyl sites for hydroxylation is 2. The number of benzene rings is 1. The molecule has 0 aliphatic carbocycles. The predicted octanol–water partition coefficient (Wildman–Crippen LogP) is 2.81. The minimum atomic E-state index is -3.10. The van der Waals surface area contributed by atoms with E-state index in [-0.39, 0.29) is 5.25 Å². The first-order valence-corrected chi connectivity index (χ1v) is 7.98. The Morgan fingerprint density at radius 3 is 2.37 bits per heavy atom. The molecule has 0 bridgehead atoms. The van der Waals surface area contributed by atoms with E-state index in [9.17, 15) is 8.42 Å². The van der Waals surface area contributed by atoms with Crippen molar-refractivity contribution in [3.05, 3.63) is 47.3 Å². The van der Waals surface area contributed by atoms with E-state index in [1.165, 1.54) is 0 Å². The van der Waals surface area contributed by atoms with Crippen LogP contribution >= 0.6 is 0 Å². The fraction of sp³-hybridized carbons (Fsp3) is 0.333. The molecule has 3 nitrogen and oxygen atoms in total. The third-order valence-corrected chi connectivity index (χ3v) is 6.15. The molecule has 100 valence electrons. The number of fused-ring (bicyclic) bond motifs is 1. The van der Waals surface area contributed by atoms with Crippen LogP contribution in [0.4, 0.5) is 0 Å². The van der Waals surface area contributed by atoms with E-state index < -0.39 is 9.84 Å². The monoisotopic (exact) mass is 275 g/mol. The third kappa shape index (κ3) is 1.74. The molecule has 2 heterocycles. The summed E-state index contributed by atoms with van der Waals surface area (Å²) in [6.45, 7) is 5.89. The van der Waals surface area contributed by atoms with E-state index in [1.807, 2.05) is 12.1 Å². The number of nitrogens with zero attached hydrogens (tertiary/aromatic N) is 1. The summed E-state index contributed by atoms with van der Waals surface area (Å²) < 4.78 is 26.4. The van der Waals surface area contributed by atoms with Gasteiger partial charge in [0.25, 0.3) is 0 Å². The second-order valence-electron chi connectivity index (χ2n) is 5.30. The summed E-state index contributed by atoms with van der Waals surface area (Å²) in [6.07, 6.45) is 0.616. The Kier molecular flexibility index (Phi) is 2.61. The average Bonchev–Trinajstić information content (AvgIpc) is 2.78. The quantitative estimate of drug-likeness (QED) is 0.802. The Labute approximate surface area is 113 Å². The standard InChI is InChI=1S/C15H17NO2S/c1-10-4-5-11(2)16(10)14-6-7-15-13(9-14)8-12(3)19(15,17)18/h4-7,9,12H,8H2,1-3H3. The van der Waals surface area contributed by atoms with Gasteiger partial charge in [-0.05, 0) is 63.1 Å². The van der Waals surface area contributed by atoms with E-state index in [4.69, 9.17) is 0 Å². The number of rotatable bonds is 1. The van der Waals surface area contributed by atoms with Gasteiger partial charge in [-0.25, -0.2) is 8.42 Å². The smallest absolute Gasteiger partial charge is 0.181 e. The number of hydrogen-bond donors (Lipinski definition) is 0. The van der Waals surface area contributed by atoms with Crippen molar-refractivity contribution >= 4 is 9.84 Å². The molecule has 1 atom stereocenters. The van der Waals surface area contributed by atoms with Crippen LogP contribution < -0.4 is 0 Å². The molecule has 3 rings (SSSR count). The lowest BCUT2D eigenvalue weighted by Crippen LogP contribution is -2.11. The summed E-state index contributed by atoms with van der Waals surface area (Å²) in [5, 5.41) is -0.301. The summed E-state index contributed by atoms with van der Waals surface area (Å²) in [4.78, 5) is 0.506. The Hall–Kier alpha value is -1.55. The first-order valence-electron chi connectivity index (χ1n) is 6.43. The van der Waals surface area contributed by atoms with Crippen LogP contribution in [0.5, 0.6) is 0 Å². The van der Waals surface area contributed by atoms with Gasteiger partial charge < -0.3 is 4.57 Å². The Morgan fingerprint density at radius 1 is 1.11 bits per heavy atom. The molecular weight excluding hydrogens is 258 g/mol. The van der Waals surface area contributed by atoms with Crippen LogP contribution in [0.2, 0.25) is 0 Å². The maximum atomic E-state index is 12.1. The van der Waals surface area contributed by atoms with Gasteiger partial charge in [0, 0.05) is 17.1 Å². The molecule has 1 aromatic carbocycles. The molecule has 0 N–H and O–H groups in total. The molecular formula is C15H17NO2S. The molecule has 1 aromatic heterocycles. The van der Waals surface area contributed by atoms with Crippen molar-refractivity contribution < 1.29 is 8.42 Å². The zero-order valence-electron chi connectivity index (χ0n) is 11.3. The Balaban J connectivity index is 2.18. The van der Waals surface area contributed by atoms with Gasteiger partial charge in [-0.2, -0.15) is 0 Å². The largest absolute Gasteiger partial charge is 0.319 e. The predicted molar refractivity (Wildman–Crippen MR) is 75.6 cm³/mol. The maximum Gasteiger partial charge on any atom is 0.181 e.